The Kier molecular flexibility index (Phi) is 6.80. The maximum atomic E-state index is 12.8. The van der Waals surface area contributed by atoms with Gasteiger partial charge in [-0.15, -0.1) is 0 Å². The minimum atomic E-state index is -3.47. The van der Waals surface area contributed by atoms with Crippen LogP contribution in [0.5, 0.6) is 0 Å². The zero-order chi connectivity index (χ0) is 16.0. The lowest BCUT2D eigenvalue weighted by Crippen LogP contribution is -2.39. The summed E-state index contributed by atoms with van der Waals surface area (Å²) < 4.78 is 27.2. The molecule has 0 radical (unpaired) electrons. The van der Waals surface area contributed by atoms with Gasteiger partial charge in [0.2, 0.25) is 10.0 Å². The number of rotatable bonds is 8. The predicted molar refractivity (Wildman–Crippen MR) is 86.5 cm³/mol. The van der Waals surface area contributed by atoms with Gasteiger partial charge in [0.25, 0.3) is 0 Å². The van der Waals surface area contributed by atoms with Gasteiger partial charge in [0.05, 0.1) is 4.90 Å². The van der Waals surface area contributed by atoms with Crippen molar-refractivity contribution in [2.45, 2.75) is 25.3 Å². The summed E-state index contributed by atoms with van der Waals surface area (Å²) >= 11 is 0. The molecule has 0 atom stereocenters. The molecule has 0 saturated heterocycles. The van der Waals surface area contributed by atoms with Crippen LogP contribution in [0.3, 0.4) is 0 Å². The molecular formula is C15H27N3O2S. The first-order valence-corrected chi connectivity index (χ1v) is 8.65. The number of benzene rings is 1. The van der Waals surface area contributed by atoms with E-state index >= 15 is 0 Å². The molecule has 0 bridgehead atoms. The van der Waals surface area contributed by atoms with Crippen LogP contribution in [-0.4, -0.2) is 51.4 Å². The third-order valence-corrected chi connectivity index (χ3v) is 5.00. The number of hydrogen-bond donors (Lipinski definition) is 1. The van der Waals surface area contributed by atoms with Crippen molar-refractivity contribution in [1.82, 2.24) is 9.21 Å². The molecule has 0 aliphatic carbocycles. The van der Waals surface area contributed by atoms with Gasteiger partial charge < -0.3 is 10.6 Å². The van der Waals surface area contributed by atoms with Crippen molar-refractivity contribution in [3.05, 3.63) is 29.8 Å². The van der Waals surface area contributed by atoms with Crippen molar-refractivity contribution >= 4 is 10.0 Å². The normalized spacial score (nSPS) is 12.6. The summed E-state index contributed by atoms with van der Waals surface area (Å²) in [5.41, 5.74) is 6.43. The SMILES string of the molecule is CC(C)CN(CCN(C)C)S(=O)(=O)c1cccc(CN)c1. The van der Waals surface area contributed by atoms with Gasteiger partial charge in [-0.1, -0.05) is 26.0 Å². The summed E-state index contributed by atoms with van der Waals surface area (Å²) in [5, 5.41) is 0. The molecule has 1 aromatic carbocycles. The molecule has 1 aromatic rings. The van der Waals surface area contributed by atoms with Crippen LogP contribution in [0, 0.1) is 5.92 Å². The summed E-state index contributed by atoms with van der Waals surface area (Å²) in [6.45, 7) is 6.08. The summed E-state index contributed by atoms with van der Waals surface area (Å²) in [7, 11) is 0.406. The number of sulfonamides is 1. The minimum absolute atomic E-state index is 0.277. The molecule has 21 heavy (non-hydrogen) atoms. The number of nitrogens with two attached hydrogens (primary N) is 1. The van der Waals surface area contributed by atoms with E-state index in [2.05, 4.69) is 0 Å². The van der Waals surface area contributed by atoms with Crippen LogP contribution < -0.4 is 5.73 Å². The molecule has 1 rings (SSSR count). The summed E-state index contributed by atoms with van der Waals surface area (Å²) in [4.78, 5) is 2.31. The molecule has 5 nitrogen and oxygen atoms in total. The van der Waals surface area contributed by atoms with Gasteiger partial charge in [-0.3, -0.25) is 0 Å². The Morgan fingerprint density at radius 3 is 2.38 bits per heavy atom. The van der Waals surface area contributed by atoms with Crippen molar-refractivity contribution in [1.29, 1.82) is 0 Å². The van der Waals surface area contributed by atoms with Crippen molar-refractivity contribution in [2.24, 2.45) is 11.7 Å². The van der Waals surface area contributed by atoms with E-state index < -0.39 is 10.0 Å². The molecule has 6 heteroatoms. The largest absolute Gasteiger partial charge is 0.326 e. The second-order valence-electron chi connectivity index (χ2n) is 5.91. The molecule has 0 fully saturated rings. The Morgan fingerprint density at radius 1 is 1.19 bits per heavy atom. The van der Waals surface area contributed by atoms with Crippen LogP contribution in [-0.2, 0) is 16.6 Å². The quantitative estimate of drug-likeness (QED) is 0.787. The van der Waals surface area contributed by atoms with Gasteiger partial charge in [-0.25, -0.2) is 8.42 Å². The number of hydrogen-bond acceptors (Lipinski definition) is 4. The van der Waals surface area contributed by atoms with Crippen LogP contribution >= 0.6 is 0 Å². The third kappa shape index (κ3) is 5.39. The minimum Gasteiger partial charge on any atom is -0.326 e. The Bertz CT molecular complexity index is 542. The van der Waals surface area contributed by atoms with Crippen molar-refractivity contribution in [3.8, 4) is 0 Å². The molecular weight excluding hydrogens is 286 g/mol. The first-order chi connectivity index (χ1) is 9.77. The highest BCUT2D eigenvalue weighted by Crippen LogP contribution is 2.18. The molecule has 0 spiro atoms. The molecule has 0 unspecified atom stereocenters. The summed E-state index contributed by atoms with van der Waals surface area (Å²) in [5.74, 6) is 0.277. The second-order valence-corrected chi connectivity index (χ2v) is 7.85. The number of likely N-dealkylation sites (N-methyl/N-ethyl adjacent to an activating group) is 1. The monoisotopic (exact) mass is 313 g/mol. The van der Waals surface area contributed by atoms with Crippen LogP contribution in [0.25, 0.3) is 0 Å². The Hall–Kier alpha value is -0.950. The average molecular weight is 313 g/mol. The summed E-state index contributed by atoms with van der Waals surface area (Å²) in [6, 6.07) is 6.88. The Labute approximate surface area is 128 Å². The maximum absolute atomic E-state index is 12.8. The smallest absolute Gasteiger partial charge is 0.243 e. The molecule has 120 valence electrons. The van der Waals surface area contributed by atoms with E-state index in [1.54, 1.807) is 22.5 Å². The van der Waals surface area contributed by atoms with Crippen molar-refractivity contribution < 1.29 is 8.42 Å². The highest BCUT2D eigenvalue weighted by atomic mass is 32.2. The van der Waals surface area contributed by atoms with E-state index in [1.807, 2.05) is 38.9 Å². The standard InChI is InChI=1S/C15H27N3O2S/c1-13(2)12-18(9-8-17(3)4)21(19,20)15-7-5-6-14(10-15)11-16/h5-7,10,13H,8-9,11-12,16H2,1-4H3. The zero-order valence-electron chi connectivity index (χ0n) is 13.4. The molecule has 0 saturated carbocycles. The van der Waals surface area contributed by atoms with Crippen LogP contribution in [0.1, 0.15) is 19.4 Å². The fourth-order valence-corrected chi connectivity index (χ4v) is 3.68. The van der Waals surface area contributed by atoms with Gasteiger partial charge >= 0.3 is 0 Å². The first kappa shape index (κ1) is 18.1. The van der Waals surface area contributed by atoms with Crippen molar-refractivity contribution in [2.75, 3.05) is 33.7 Å². The molecule has 0 aromatic heterocycles. The molecule has 0 amide bonds. The van der Waals surface area contributed by atoms with E-state index in [0.29, 0.717) is 31.1 Å². The van der Waals surface area contributed by atoms with Gasteiger partial charge in [0.1, 0.15) is 0 Å². The van der Waals surface area contributed by atoms with E-state index in [0.717, 1.165) is 5.56 Å². The fraction of sp³-hybridized carbons (Fsp3) is 0.600. The van der Waals surface area contributed by atoms with Gasteiger partial charge in [-0.2, -0.15) is 4.31 Å². The molecule has 0 aliphatic heterocycles. The lowest BCUT2D eigenvalue weighted by molar-refractivity contribution is 0.312. The van der Waals surface area contributed by atoms with Crippen LogP contribution in [0.4, 0.5) is 0 Å². The van der Waals surface area contributed by atoms with E-state index in [1.165, 1.54) is 0 Å². The maximum Gasteiger partial charge on any atom is 0.243 e. The van der Waals surface area contributed by atoms with Gasteiger partial charge in [-0.05, 0) is 37.7 Å². The van der Waals surface area contributed by atoms with Gasteiger partial charge in [0, 0.05) is 26.2 Å². The second kappa shape index (κ2) is 7.89. The highest BCUT2D eigenvalue weighted by Gasteiger charge is 2.25. The molecule has 2 N–H and O–H groups in total. The first-order valence-electron chi connectivity index (χ1n) is 7.21. The van der Waals surface area contributed by atoms with E-state index in [9.17, 15) is 8.42 Å². The third-order valence-electron chi connectivity index (χ3n) is 3.14. The fourth-order valence-electron chi connectivity index (χ4n) is 2.01. The predicted octanol–water partition coefficient (Wildman–Crippen LogP) is 1.35. The van der Waals surface area contributed by atoms with Gasteiger partial charge in [0.15, 0.2) is 0 Å². The zero-order valence-corrected chi connectivity index (χ0v) is 14.2. The number of nitrogens with zero attached hydrogens (tertiary/aromatic N) is 2. The highest BCUT2D eigenvalue weighted by molar-refractivity contribution is 7.89. The lowest BCUT2D eigenvalue weighted by atomic mass is 10.2. The van der Waals surface area contributed by atoms with E-state index in [-0.39, 0.29) is 5.92 Å². The Balaban J connectivity index is 3.06. The summed E-state index contributed by atoms with van der Waals surface area (Å²) in [6.07, 6.45) is 0. The Morgan fingerprint density at radius 2 is 1.86 bits per heavy atom. The molecule has 0 aliphatic rings. The average Bonchev–Trinajstić information content (AvgIpc) is 2.42. The molecule has 0 heterocycles. The van der Waals surface area contributed by atoms with Crippen LogP contribution in [0.15, 0.2) is 29.2 Å². The van der Waals surface area contributed by atoms with E-state index in [4.69, 9.17) is 5.73 Å². The van der Waals surface area contributed by atoms with Crippen molar-refractivity contribution in [3.63, 3.8) is 0 Å². The lowest BCUT2D eigenvalue weighted by Gasteiger charge is -2.25. The van der Waals surface area contributed by atoms with Crippen LogP contribution in [0.2, 0.25) is 0 Å². The topological polar surface area (TPSA) is 66.6 Å².